The summed E-state index contributed by atoms with van der Waals surface area (Å²) < 4.78 is 28.3. The van der Waals surface area contributed by atoms with Gasteiger partial charge in [-0.1, -0.05) is 11.6 Å². The van der Waals surface area contributed by atoms with Crippen molar-refractivity contribution in [1.29, 1.82) is 0 Å². The van der Waals surface area contributed by atoms with Gasteiger partial charge in [-0.3, -0.25) is 4.57 Å². The van der Waals surface area contributed by atoms with Crippen molar-refractivity contribution in [2.24, 2.45) is 0 Å². The van der Waals surface area contributed by atoms with E-state index in [-0.39, 0.29) is 4.90 Å². The molecule has 0 saturated heterocycles. The maximum atomic E-state index is 12.3. The summed E-state index contributed by atoms with van der Waals surface area (Å²) in [6, 6.07) is 8.14. The van der Waals surface area contributed by atoms with Crippen LogP contribution in [0.3, 0.4) is 0 Å². The Morgan fingerprint density at radius 3 is 2.61 bits per heavy atom. The fourth-order valence-corrected chi connectivity index (χ4v) is 3.41. The molecular formula is C14H9BrClN3O3S. The number of aromatic nitrogens is 2. The predicted molar refractivity (Wildman–Crippen MR) is 90.0 cm³/mol. The van der Waals surface area contributed by atoms with Crippen molar-refractivity contribution >= 4 is 54.6 Å². The Kier molecular flexibility index (Phi) is 4.13. The van der Waals surface area contributed by atoms with Gasteiger partial charge in [0.05, 0.1) is 4.90 Å². The number of hydrogen-bond acceptors (Lipinski definition) is 4. The Hall–Kier alpha value is -1.90. The van der Waals surface area contributed by atoms with E-state index in [4.69, 9.17) is 11.6 Å². The summed E-state index contributed by atoms with van der Waals surface area (Å²) in [6.07, 6.45) is 2.98. The van der Waals surface area contributed by atoms with Gasteiger partial charge in [0.15, 0.2) is 0 Å². The first-order chi connectivity index (χ1) is 10.9. The minimum Gasteiger partial charge on any atom is -0.252 e. The van der Waals surface area contributed by atoms with Crippen molar-refractivity contribution < 1.29 is 13.2 Å². The molecule has 0 aliphatic carbocycles. The lowest BCUT2D eigenvalue weighted by Crippen LogP contribution is -2.33. The Balaban J connectivity index is 1.92. The van der Waals surface area contributed by atoms with Crippen LogP contribution in [0.4, 0.5) is 4.79 Å². The predicted octanol–water partition coefficient (Wildman–Crippen LogP) is 3.40. The number of sulfonamides is 1. The molecule has 1 aromatic carbocycles. The number of benzene rings is 1. The lowest BCUT2D eigenvalue weighted by atomic mass is 10.3. The maximum absolute atomic E-state index is 12.3. The number of carbonyl (C=O) groups excluding carboxylic acids is 1. The summed E-state index contributed by atoms with van der Waals surface area (Å²) in [5.41, 5.74) is 0.358. The second-order valence-electron chi connectivity index (χ2n) is 4.62. The molecule has 6 nitrogen and oxygen atoms in total. The van der Waals surface area contributed by atoms with E-state index in [2.05, 4.69) is 20.9 Å². The van der Waals surface area contributed by atoms with Crippen molar-refractivity contribution in [2.45, 2.75) is 4.90 Å². The summed E-state index contributed by atoms with van der Waals surface area (Å²) in [5.74, 6) is 0. The molecule has 0 bridgehead atoms. The number of halogens is 2. The fraction of sp³-hybridized carbons (Fsp3) is 0. The molecule has 2 aromatic heterocycles. The first-order valence-corrected chi connectivity index (χ1v) is 8.97. The lowest BCUT2D eigenvalue weighted by molar-refractivity contribution is 0.248. The van der Waals surface area contributed by atoms with Gasteiger partial charge in [0.1, 0.15) is 5.65 Å². The fourth-order valence-electron chi connectivity index (χ4n) is 2.00. The largest absolute Gasteiger partial charge is 0.341 e. The van der Waals surface area contributed by atoms with Crippen molar-refractivity contribution in [3.8, 4) is 0 Å². The first-order valence-electron chi connectivity index (χ1n) is 6.32. The van der Waals surface area contributed by atoms with Crippen LogP contribution in [0.15, 0.2) is 58.2 Å². The number of nitrogens with zero attached hydrogens (tertiary/aromatic N) is 2. The average Bonchev–Trinajstić information content (AvgIpc) is 2.90. The molecule has 0 unspecified atom stereocenters. The molecule has 3 rings (SSSR count). The standard InChI is InChI=1S/C14H9BrClN3O3S/c15-10-7-9-5-6-19(13(9)17-8-10)14(20)18-23(21,22)12-3-1-11(16)2-4-12/h1-8H,(H,18,20). The quantitative estimate of drug-likeness (QED) is 0.697. The number of rotatable bonds is 2. The summed E-state index contributed by atoms with van der Waals surface area (Å²) in [5, 5.41) is 1.11. The molecule has 0 aliphatic heterocycles. The molecule has 0 aliphatic rings. The number of pyridine rings is 1. The Morgan fingerprint density at radius 1 is 1.22 bits per heavy atom. The smallest absolute Gasteiger partial charge is 0.252 e. The molecule has 2 heterocycles. The molecule has 118 valence electrons. The van der Waals surface area contributed by atoms with Crippen LogP contribution in [0.25, 0.3) is 11.0 Å². The van der Waals surface area contributed by atoms with E-state index in [0.29, 0.717) is 16.1 Å². The van der Waals surface area contributed by atoms with E-state index in [9.17, 15) is 13.2 Å². The minimum absolute atomic E-state index is 0.0533. The van der Waals surface area contributed by atoms with Crippen molar-refractivity contribution in [2.75, 3.05) is 0 Å². The van der Waals surface area contributed by atoms with Crippen LogP contribution in [0.5, 0.6) is 0 Å². The van der Waals surface area contributed by atoms with E-state index >= 15 is 0 Å². The molecule has 23 heavy (non-hydrogen) atoms. The van der Waals surface area contributed by atoms with Gasteiger partial charge < -0.3 is 0 Å². The summed E-state index contributed by atoms with van der Waals surface area (Å²) in [7, 11) is -4.00. The van der Waals surface area contributed by atoms with Gasteiger partial charge in [0.25, 0.3) is 10.0 Å². The third kappa shape index (κ3) is 3.24. The van der Waals surface area contributed by atoms with Crippen LogP contribution in [0.2, 0.25) is 5.02 Å². The Labute approximate surface area is 145 Å². The van der Waals surface area contributed by atoms with Crippen LogP contribution in [-0.4, -0.2) is 24.0 Å². The van der Waals surface area contributed by atoms with Gasteiger partial charge in [-0.25, -0.2) is 22.9 Å². The van der Waals surface area contributed by atoms with Gasteiger partial charge in [-0.15, -0.1) is 0 Å². The first kappa shape index (κ1) is 16.0. The zero-order valence-corrected chi connectivity index (χ0v) is 14.6. The van der Waals surface area contributed by atoms with Crippen LogP contribution >= 0.6 is 27.5 Å². The highest BCUT2D eigenvalue weighted by Gasteiger charge is 2.20. The van der Waals surface area contributed by atoms with Crippen LogP contribution < -0.4 is 4.72 Å². The van der Waals surface area contributed by atoms with E-state index in [1.54, 1.807) is 12.1 Å². The van der Waals surface area contributed by atoms with Crippen LogP contribution in [0.1, 0.15) is 0 Å². The van der Waals surface area contributed by atoms with Gasteiger partial charge in [-0.05, 0) is 52.3 Å². The molecule has 0 spiro atoms. The number of hydrogen-bond donors (Lipinski definition) is 1. The Bertz CT molecular complexity index is 1000. The average molecular weight is 415 g/mol. The van der Waals surface area contributed by atoms with E-state index in [1.807, 2.05) is 4.72 Å². The van der Waals surface area contributed by atoms with Gasteiger partial charge in [0.2, 0.25) is 0 Å². The summed E-state index contributed by atoms with van der Waals surface area (Å²) >= 11 is 9.01. The SMILES string of the molecule is O=C(NS(=O)(=O)c1ccc(Cl)cc1)n1ccc2cc(Br)cnc21. The number of fused-ring (bicyclic) bond motifs is 1. The Morgan fingerprint density at radius 2 is 1.91 bits per heavy atom. The number of amides is 1. The third-order valence-electron chi connectivity index (χ3n) is 3.06. The zero-order chi connectivity index (χ0) is 16.6. The maximum Gasteiger partial charge on any atom is 0.341 e. The monoisotopic (exact) mass is 413 g/mol. The van der Waals surface area contributed by atoms with E-state index in [1.165, 1.54) is 36.7 Å². The summed E-state index contributed by atoms with van der Waals surface area (Å²) in [4.78, 5) is 16.3. The van der Waals surface area contributed by atoms with Crippen LogP contribution in [0, 0.1) is 0 Å². The number of carbonyl (C=O) groups is 1. The highest BCUT2D eigenvalue weighted by atomic mass is 79.9. The van der Waals surface area contributed by atoms with Gasteiger partial charge >= 0.3 is 6.03 Å². The second kappa shape index (κ2) is 5.95. The minimum atomic E-state index is -4.00. The van der Waals surface area contributed by atoms with Crippen molar-refractivity contribution in [3.63, 3.8) is 0 Å². The second-order valence-corrected chi connectivity index (χ2v) is 7.65. The molecule has 0 saturated carbocycles. The molecule has 1 amide bonds. The number of nitrogens with one attached hydrogen (secondary N) is 1. The van der Waals surface area contributed by atoms with Crippen molar-refractivity contribution in [1.82, 2.24) is 14.3 Å². The van der Waals surface area contributed by atoms with E-state index in [0.717, 1.165) is 9.04 Å². The van der Waals surface area contributed by atoms with Gasteiger partial charge in [-0.2, -0.15) is 0 Å². The van der Waals surface area contributed by atoms with E-state index < -0.39 is 16.1 Å². The molecule has 0 fully saturated rings. The molecule has 0 atom stereocenters. The van der Waals surface area contributed by atoms with Crippen molar-refractivity contribution in [3.05, 3.63) is 58.3 Å². The summed E-state index contributed by atoms with van der Waals surface area (Å²) in [6.45, 7) is 0. The highest BCUT2D eigenvalue weighted by molar-refractivity contribution is 9.10. The molecule has 1 N–H and O–H groups in total. The van der Waals surface area contributed by atoms with Gasteiger partial charge in [0, 0.05) is 27.3 Å². The van der Waals surface area contributed by atoms with Crippen LogP contribution in [-0.2, 0) is 10.0 Å². The lowest BCUT2D eigenvalue weighted by Gasteiger charge is -2.08. The zero-order valence-electron chi connectivity index (χ0n) is 11.4. The molecule has 3 aromatic rings. The highest BCUT2D eigenvalue weighted by Crippen LogP contribution is 2.19. The third-order valence-corrected chi connectivity index (χ3v) is 5.08. The molecule has 9 heteroatoms. The topological polar surface area (TPSA) is 81.1 Å². The normalized spacial score (nSPS) is 11.6. The molecular weight excluding hydrogens is 406 g/mol. The molecule has 0 radical (unpaired) electrons.